The van der Waals surface area contributed by atoms with Gasteiger partial charge in [-0.25, -0.2) is 42.5 Å². The van der Waals surface area contributed by atoms with E-state index in [0.29, 0.717) is 117 Å². The van der Waals surface area contributed by atoms with Crippen LogP contribution in [0.15, 0.2) is 121 Å². The third kappa shape index (κ3) is 27.0. The first-order valence-electron chi connectivity index (χ1n) is 49.9. The van der Waals surface area contributed by atoms with Gasteiger partial charge in [0.15, 0.2) is 8.32 Å². The van der Waals surface area contributed by atoms with Crippen LogP contribution in [0.1, 0.15) is 218 Å². The van der Waals surface area contributed by atoms with Crippen molar-refractivity contribution in [1.82, 2.24) is 63.1 Å². The maximum atomic E-state index is 14.0. The highest BCUT2D eigenvalue weighted by molar-refractivity contribution is 9.09. The first-order chi connectivity index (χ1) is 69.5. The quantitative estimate of drug-likeness (QED) is 0.0168. The summed E-state index contributed by atoms with van der Waals surface area (Å²) in [4.78, 5) is 89.6. The molecule has 0 unspecified atom stereocenters. The number of carbonyl (C=O) groups excluding carboxylic acids is 6. The van der Waals surface area contributed by atoms with E-state index in [1.54, 1.807) is 129 Å². The standard InChI is InChI=1S/C36H55N3O6SSi2.C27H32BrN3O6S.C24H27N3O6S.C22H26N4O2S/c1-33(2,3)43-31(40)38-26-20-24(45-48(15,16)36(10,11)12)18-17-23(26)19-27(38)29-30-28(39(37-29)32(41)44-34(4,5)6)21-25(46-30)22-42-47(13,14)35(7,8)9;1-26(2,3)36-24(33)30-19-13-17(35-11-7-10-28)9-8-16(19)12-20(30)22-23-21(14-18(15-32)38-23)31(29-22)25(34)37-27(4,5)6;1-23(2,3)32-21(30)26-16-10-14(29)8-7-13(16)9-17(26)19-20-18(11-15(12-28)34-20)27(25-19)22(31)33-24(4,5)6;27-14-17-13-20-22(29-17)21(25-24-20)19-11-15-5-6-16(12-18(15)23-19)28-10-4-9-26-7-2-1-3-8-26/h17-21H,22H2,1-16H3;8-9,12-14,32H,7,10-11,15H2,1-6H3;7-11,28-29H,12H2,1-6H3;5-6,11-13,23,27H,1-4,7-10,14H2,(H,24,25). The number of thiophene rings is 4. The Morgan fingerprint density at radius 2 is 0.758 bits per heavy atom. The summed E-state index contributed by atoms with van der Waals surface area (Å²) in [6.45, 7) is 59.2. The number of nitrogens with one attached hydrogen (secondary N) is 2. The summed E-state index contributed by atoms with van der Waals surface area (Å²) in [6, 6.07) is 37.1. The number of hydrogen-bond acceptors (Lipinski definition) is 29. The number of alkyl halides is 1. The molecule has 4 aromatic carbocycles. The molecular weight excluding hydrogens is 2080 g/mol. The van der Waals surface area contributed by atoms with Crippen LogP contribution in [0.4, 0.5) is 28.8 Å². The molecule has 0 spiro atoms. The minimum atomic E-state index is -2.17. The predicted octanol–water partition coefficient (Wildman–Crippen LogP) is 28.1. The van der Waals surface area contributed by atoms with E-state index in [4.69, 9.17) is 51.8 Å². The van der Waals surface area contributed by atoms with Crippen LogP contribution < -0.4 is 13.9 Å². The topological polar surface area (TPSA) is 392 Å². The van der Waals surface area contributed by atoms with Crippen molar-refractivity contribution >= 4 is 199 Å². The Bertz CT molecular complexity index is 7620. The molecule has 0 bridgehead atoms. The third-order valence-electron chi connectivity index (χ3n) is 24.8. The minimum Gasteiger partial charge on any atom is -0.543 e. The minimum absolute atomic E-state index is 0.00838. The van der Waals surface area contributed by atoms with Gasteiger partial charge in [0.25, 0.3) is 0 Å². The molecule has 149 heavy (non-hydrogen) atoms. The highest BCUT2D eigenvalue weighted by Crippen LogP contribution is 2.47. The number of carbonyl (C=O) groups is 6. The highest BCUT2D eigenvalue weighted by Gasteiger charge is 2.42. The molecule has 1 saturated heterocycles. The number of rotatable bonds is 21. The average molecular weight is 2220 g/mol. The zero-order valence-electron chi connectivity index (χ0n) is 90.4. The number of ether oxygens (including phenoxy) is 8. The fraction of sp³-hybridized carbons (Fsp3) is 0.468. The molecule has 0 aliphatic carbocycles. The fourth-order valence-electron chi connectivity index (χ4n) is 15.9. The lowest BCUT2D eigenvalue weighted by molar-refractivity contribution is 0.0511. The second kappa shape index (κ2) is 44.0. The molecule has 33 nitrogen and oxygen atoms in total. The highest BCUT2D eigenvalue weighted by atomic mass is 79.9. The Kier molecular flexibility index (Phi) is 33.4. The second-order valence-electron chi connectivity index (χ2n) is 46.1. The number of phenols is 1. The molecule has 16 aromatic rings. The Morgan fingerprint density at radius 3 is 1.18 bits per heavy atom. The number of halogens is 1. The number of H-pyrrole nitrogens is 2. The second-order valence-corrected chi connectivity index (χ2v) is 60.9. The van der Waals surface area contributed by atoms with Crippen LogP contribution in [0.25, 0.3) is 130 Å². The first-order valence-corrected chi connectivity index (χ1v) is 60.1. The van der Waals surface area contributed by atoms with Crippen molar-refractivity contribution in [2.24, 2.45) is 0 Å². The molecule has 1 fully saturated rings. The molecule has 40 heteroatoms. The number of piperidine rings is 1. The van der Waals surface area contributed by atoms with Gasteiger partial charge in [0.05, 0.1) is 120 Å². The first kappa shape index (κ1) is 113. The Balaban J connectivity index is 0.000000159. The van der Waals surface area contributed by atoms with Crippen LogP contribution in [-0.2, 0) is 59.3 Å². The molecule has 1 aliphatic heterocycles. The molecule has 12 aromatic heterocycles. The molecule has 1 aliphatic rings. The van der Waals surface area contributed by atoms with Crippen molar-refractivity contribution in [3.8, 4) is 68.5 Å². The third-order valence-corrected chi connectivity index (χ3v) is 38.6. The van der Waals surface area contributed by atoms with Crippen LogP contribution in [0.3, 0.4) is 0 Å². The molecule has 17 rings (SSSR count). The van der Waals surface area contributed by atoms with Gasteiger partial charge in [0.1, 0.15) is 79.4 Å². The van der Waals surface area contributed by atoms with Gasteiger partial charge in [-0.05, 0) is 297 Å². The number of fused-ring (bicyclic) bond motifs is 8. The SMILES string of the molecule is CC(C)(C)OC(=O)n1nc(-c2cc3ccc(O)cc3n2C(=O)OC(C)(C)C)c2sc(CO)cc21.CC(C)(C)OC(=O)n1nc(-c2cc3ccc(OCCCBr)cc3n2C(=O)OC(C)(C)C)c2sc(CO)cc21.CC(C)(C)OC(=O)n1nc(-c2cc3ccc(O[Si](C)(C)C(C)(C)C)cc3n2C(=O)OC(C)(C)C)c2sc(CO[Si](C)(C)C(C)(C)C)cc21.OCc1cc2[nH]nc(-c3cc4ccc(OCCCN5CCCCC5)cc4[nH]3)c2s1. The van der Waals surface area contributed by atoms with E-state index in [2.05, 4.69) is 132 Å². The largest absolute Gasteiger partial charge is 0.543 e. The zero-order valence-corrected chi connectivity index (χ0v) is 97.3. The van der Waals surface area contributed by atoms with Gasteiger partial charge in [-0.1, -0.05) is 63.9 Å². The summed E-state index contributed by atoms with van der Waals surface area (Å²) in [6.07, 6.45) is 2.23. The van der Waals surface area contributed by atoms with Crippen LogP contribution in [0.2, 0.25) is 36.3 Å². The van der Waals surface area contributed by atoms with E-state index in [-0.39, 0.29) is 35.6 Å². The van der Waals surface area contributed by atoms with Gasteiger partial charge in [0.2, 0.25) is 8.32 Å². The molecule has 0 radical (unpaired) electrons. The van der Waals surface area contributed by atoms with Crippen LogP contribution >= 0.6 is 61.3 Å². The lowest BCUT2D eigenvalue weighted by Crippen LogP contribution is -2.43. The number of aromatic amines is 2. The number of likely N-dealkylation sites (tertiary alicyclic amines) is 1. The van der Waals surface area contributed by atoms with E-state index in [1.165, 1.54) is 97.0 Å². The molecular formula is C109H140BrN13O20S4Si2. The van der Waals surface area contributed by atoms with Crippen LogP contribution in [0, 0.1) is 0 Å². The summed E-state index contributed by atoms with van der Waals surface area (Å²) < 4.78 is 70.3. The molecule has 0 atom stereocenters. The van der Waals surface area contributed by atoms with Crippen LogP contribution in [-0.4, -0.2) is 209 Å². The smallest absolute Gasteiger partial charge is 0.435 e. The summed E-state index contributed by atoms with van der Waals surface area (Å²) >= 11 is 9.04. The van der Waals surface area contributed by atoms with Crippen molar-refractivity contribution < 1.29 is 95.9 Å². The van der Waals surface area contributed by atoms with Gasteiger partial charge in [-0.2, -0.15) is 34.4 Å². The van der Waals surface area contributed by atoms with E-state index < -0.39 is 86.8 Å². The Labute approximate surface area is 893 Å². The predicted molar refractivity (Wildman–Crippen MR) is 600 cm³/mol. The number of aromatic hydroxyl groups is 1. The normalized spacial score (nSPS) is 13.4. The van der Waals surface area contributed by atoms with Crippen molar-refractivity contribution in [2.75, 3.05) is 38.2 Å². The summed E-state index contributed by atoms with van der Waals surface area (Å²) in [7, 11) is -4.22. The number of aromatic nitrogens is 12. The number of aliphatic hydroxyl groups excluding tert-OH is 3. The molecule has 0 saturated carbocycles. The summed E-state index contributed by atoms with van der Waals surface area (Å²) in [5.41, 5.74) is 5.19. The number of benzene rings is 4. The lowest BCUT2D eigenvalue weighted by Gasteiger charge is -2.36. The van der Waals surface area contributed by atoms with E-state index in [1.807, 2.05) is 102 Å². The number of phenolic OH excluding ortho intramolecular Hbond substituents is 1. The van der Waals surface area contributed by atoms with Gasteiger partial charge in [-0.3, -0.25) is 5.10 Å². The number of nitrogens with zero attached hydrogens (tertiary/aromatic N) is 11. The maximum absolute atomic E-state index is 14.0. The maximum Gasteiger partial charge on any atom is 0.435 e. The van der Waals surface area contributed by atoms with Crippen molar-refractivity contribution in [2.45, 2.75) is 295 Å². The van der Waals surface area contributed by atoms with Gasteiger partial charge in [0, 0.05) is 82.7 Å². The molecule has 6 N–H and O–H groups in total. The van der Waals surface area contributed by atoms with Crippen molar-refractivity contribution in [3.63, 3.8) is 0 Å². The summed E-state index contributed by atoms with van der Waals surface area (Å²) in [5.74, 6) is 2.20. The van der Waals surface area contributed by atoms with Gasteiger partial charge in [-0.15, -0.1) is 45.3 Å². The van der Waals surface area contributed by atoms with E-state index in [0.717, 1.165) is 99.5 Å². The van der Waals surface area contributed by atoms with Crippen LogP contribution in [0.5, 0.6) is 23.0 Å². The Morgan fingerprint density at radius 1 is 0.389 bits per heavy atom. The number of aliphatic hydroxyl groups is 3. The number of hydrogen-bond donors (Lipinski definition) is 6. The average Bonchev–Trinajstić information content (AvgIpc) is 1.60. The molecule has 0 amide bonds. The van der Waals surface area contributed by atoms with Gasteiger partial charge >= 0.3 is 36.6 Å². The summed E-state index contributed by atoms with van der Waals surface area (Å²) in [5, 5.41) is 64.7. The van der Waals surface area contributed by atoms with E-state index >= 15 is 0 Å². The lowest BCUT2D eigenvalue weighted by atomic mass is 10.1. The van der Waals surface area contributed by atoms with Crippen molar-refractivity contribution in [3.05, 3.63) is 141 Å². The Hall–Kier alpha value is -11.5. The zero-order chi connectivity index (χ0) is 109. The molecule has 800 valence electrons. The van der Waals surface area contributed by atoms with Crippen molar-refractivity contribution in [1.29, 1.82) is 0 Å². The molecule has 13 heterocycles. The monoisotopic (exact) mass is 2210 g/mol. The van der Waals surface area contributed by atoms with E-state index in [9.17, 15) is 49.2 Å². The fourth-order valence-corrected chi connectivity index (χ4v) is 22.2. The van der Waals surface area contributed by atoms with Gasteiger partial charge < -0.3 is 77.1 Å².